The lowest BCUT2D eigenvalue weighted by molar-refractivity contribution is -0.0973. The maximum atomic E-state index is 11.8. The van der Waals surface area contributed by atoms with E-state index in [1.54, 1.807) is 0 Å². The second-order valence-electron chi connectivity index (χ2n) is 5.29. The predicted octanol–water partition coefficient (Wildman–Crippen LogP) is -2.59. The van der Waals surface area contributed by atoms with Gasteiger partial charge in [0.2, 0.25) is 5.95 Å². The number of aliphatic hydroxyl groups is 3. The van der Waals surface area contributed by atoms with Crippen LogP contribution in [0.5, 0.6) is 6.01 Å². The number of hydrogen-bond acceptors (Lipinski definition) is 9. The van der Waals surface area contributed by atoms with Gasteiger partial charge in [0.25, 0.3) is 11.6 Å². The van der Waals surface area contributed by atoms with Gasteiger partial charge in [0.1, 0.15) is 17.8 Å². The molecule has 0 bridgehead atoms. The molecule has 2 aromatic rings. The highest BCUT2D eigenvalue weighted by Gasteiger charge is 2.54. The topological polar surface area (TPSA) is 180 Å². The first-order valence-electron chi connectivity index (χ1n) is 6.40. The van der Waals surface area contributed by atoms with Gasteiger partial charge in [-0.15, -0.1) is 0 Å². The summed E-state index contributed by atoms with van der Waals surface area (Å²) in [5.41, 5.74) is 2.61. The van der Waals surface area contributed by atoms with Gasteiger partial charge >= 0.3 is 0 Å². The van der Waals surface area contributed by atoms with E-state index in [9.17, 15) is 25.2 Å². The van der Waals surface area contributed by atoms with Crippen LogP contribution >= 0.6 is 0 Å². The summed E-state index contributed by atoms with van der Waals surface area (Å²) in [6, 6.07) is -0.644. The van der Waals surface area contributed by atoms with Crippen molar-refractivity contribution in [3.63, 3.8) is 0 Å². The molecule has 7 N–H and O–H groups in total. The van der Waals surface area contributed by atoms with Crippen LogP contribution in [0.2, 0.25) is 0 Å². The fraction of sp³-hybridized carbons (Fsp3) is 0.545. The van der Waals surface area contributed by atoms with Gasteiger partial charge in [-0.05, 0) is 6.92 Å². The average molecular weight is 313 g/mol. The van der Waals surface area contributed by atoms with Gasteiger partial charge in [-0.3, -0.25) is 9.78 Å². The quantitative estimate of drug-likeness (QED) is 0.347. The standard InChI is InChI=1S/C11H15N5O6/c1-11(21)5(18)3(2-17)22-8(11)16-6-4(13-10(16)20)7(19)15-9(12)14-6/h3,5,8,17-18,21H,2H2,1H3,(H,13,20)(H3,12,14,15,19)/t3-,5-,8?,11-/m1/s1. The summed E-state index contributed by atoms with van der Waals surface area (Å²) in [6.45, 7) is 0.719. The number of aromatic amines is 1. The molecule has 0 amide bonds. The maximum absolute atomic E-state index is 11.8. The molecule has 1 aliphatic rings. The van der Waals surface area contributed by atoms with Crippen LogP contribution in [0, 0.1) is 0 Å². The van der Waals surface area contributed by atoms with E-state index in [-0.39, 0.29) is 17.1 Å². The zero-order valence-corrected chi connectivity index (χ0v) is 11.5. The molecule has 1 saturated heterocycles. The highest BCUT2D eigenvalue weighted by molar-refractivity contribution is 5.72. The number of nitrogens with zero attached hydrogens (tertiary/aromatic N) is 3. The first-order valence-corrected chi connectivity index (χ1v) is 6.40. The van der Waals surface area contributed by atoms with Crippen LogP contribution in [0.3, 0.4) is 0 Å². The molecule has 11 heteroatoms. The molecule has 1 aliphatic heterocycles. The third kappa shape index (κ3) is 1.87. The number of aliphatic hydroxyl groups excluding tert-OH is 2. The number of nitrogens with one attached hydrogen (secondary N) is 1. The summed E-state index contributed by atoms with van der Waals surface area (Å²) in [6.07, 6.45) is -3.81. The Morgan fingerprint density at radius 1 is 1.50 bits per heavy atom. The summed E-state index contributed by atoms with van der Waals surface area (Å²) in [5.74, 6) is -0.212. The molecule has 2 aromatic heterocycles. The summed E-state index contributed by atoms with van der Waals surface area (Å²) >= 11 is 0. The van der Waals surface area contributed by atoms with E-state index < -0.39 is 42.2 Å². The molecule has 1 unspecified atom stereocenters. The molecule has 0 saturated carbocycles. The van der Waals surface area contributed by atoms with Crippen LogP contribution < -0.4 is 11.3 Å². The highest BCUT2D eigenvalue weighted by Crippen LogP contribution is 2.41. The van der Waals surface area contributed by atoms with Gasteiger partial charge in [-0.1, -0.05) is 0 Å². The van der Waals surface area contributed by atoms with Gasteiger partial charge in [0, 0.05) is 0 Å². The molecule has 0 radical (unpaired) electrons. The number of rotatable bonds is 2. The number of nitrogen functional groups attached to an aromatic ring is 1. The lowest BCUT2D eigenvalue weighted by atomic mass is 9.96. The van der Waals surface area contributed by atoms with Crippen molar-refractivity contribution in [3.8, 4) is 6.01 Å². The predicted molar refractivity (Wildman–Crippen MR) is 71.9 cm³/mol. The number of imidazole rings is 1. The Labute approximate surface area is 122 Å². The van der Waals surface area contributed by atoms with Crippen molar-refractivity contribution < 1.29 is 25.2 Å². The lowest BCUT2D eigenvalue weighted by Crippen LogP contribution is -2.44. The number of fused-ring (bicyclic) bond motifs is 1. The number of aromatic nitrogens is 4. The van der Waals surface area contributed by atoms with Gasteiger partial charge < -0.3 is 30.9 Å². The number of anilines is 1. The Morgan fingerprint density at radius 2 is 2.18 bits per heavy atom. The summed E-state index contributed by atoms with van der Waals surface area (Å²) in [7, 11) is 0. The third-order valence-electron chi connectivity index (χ3n) is 3.72. The smallest absolute Gasteiger partial charge is 0.298 e. The Balaban J connectivity index is 2.22. The van der Waals surface area contributed by atoms with Crippen LogP contribution in [0.1, 0.15) is 13.2 Å². The van der Waals surface area contributed by atoms with Crippen molar-refractivity contribution in [1.29, 1.82) is 0 Å². The van der Waals surface area contributed by atoms with E-state index in [2.05, 4.69) is 15.0 Å². The van der Waals surface area contributed by atoms with E-state index in [0.717, 1.165) is 4.57 Å². The molecular weight excluding hydrogens is 298 g/mol. The van der Waals surface area contributed by atoms with E-state index in [1.165, 1.54) is 6.92 Å². The minimum atomic E-state index is -1.86. The van der Waals surface area contributed by atoms with Gasteiger partial charge in [0.05, 0.1) is 6.61 Å². The molecule has 3 heterocycles. The molecule has 4 atom stereocenters. The van der Waals surface area contributed by atoms with Crippen LogP contribution in [0.25, 0.3) is 11.2 Å². The van der Waals surface area contributed by atoms with Crippen molar-refractivity contribution in [2.45, 2.75) is 31.0 Å². The largest absolute Gasteiger partial charge is 0.480 e. The molecule has 0 aromatic carbocycles. The van der Waals surface area contributed by atoms with Crippen LogP contribution in [0.15, 0.2) is 4.79 Å². The van der Waals surface area contributed by atoms with Crippen molar-refractivity contribution in [3.05, 3.63) is 10.4 Å². The fourth-order valence-electron chi connectivity index (χ4n) is 2.57. The summed E-state index contributed by atoms with van der Waals surface area (Å²) in [5, 5.41) is 39.6. The molecule has 0 spiro atoms. The minimum absolute atomic E-state index is 0.116. The van der Waals surface area contributed by atoms with Crippen molar-refractivity contribution >= 4 is 17.1 Å². The monoisotopic (exact) mass is 313 g/mol. The molecule has 1 fully saturated rings. The average Bonchev–Trinajstić information content (AvgIpc) is 2.86. The SMILES string of the molecule is C[C@]1(O)C(n2c(O)nc3c(=O)[nH]c(N)nc32)O[C@H](CO)[C@H]1O. The zero-order chi connectivity index (χ0) is 16.2. The van der Waals surface area contributed by atoms with E-state index in [1.807, 2.05) is 0 Å². The lowest BCUT2D eigenvalue weighted by Gasteiger charge is -2.27. The molecule has 11 nitrogen and oxygen atoms in total. The van der Waals surface area contributed by atoms with E-state index >= 15 is 0 Å². The van der Waals surface area contributed by atoms with Crippen LogP contribution in [-0.4, -0.2) is 64.4 Å². The molecular formula is C11H15N5O6. The number of hydrogen-bond donors (Lipinski definition) is 6. The van der Waals surface area contributed by atoms with E-state index in [0.29, 0.717) is 0 Å². The van der Waals surface area contributed by atoms with Crippen LogP contribution in [-0.2, 0) is 4.74 Å². The number of H-pyrrole nitrogens is 1. The Bertz CT molecular complexity index is 783. The minimum Gasteiger partial charge on any atom is -0.480 e. The second kappa shape index (κ2) is 4.64. The summed E-state index contributed by atoms with van der Waals surface area (Å²) < 4.78 is 6.32. The Kier molecular flexibility index (Phi) is 3.11. The molecule has 22 heavy (non-hydrogen) atoms. The van der Waals surface area contributed by atoms with Gasteiger partial charge in [0.15, 0.2) is 17.4 Å². The van der Waals surface area contributed by atoms with Gasteiger partial charge in [-0.2, -0.15) is 9.97 Å². The molecule has 120 valence electrons. The number of aromatic hydroxyl groups is 1. The third-order valence-corrected chi connectivity index (χ3v) is 3.72. The van der Waals surface area contributed by atoms with Gasteiger partial charge in [-0.25, -0.2) is 4.57 Å². The Hall–Kier alpha value is -2.21. The first kappa shape index (κ1) is 14.7. The van der Waals surface area contributed by atoms with E-state index in [4.69, 9.17) is 10.5 Å². The number of nitrogens with two attached hydrogens (primary N) is 1. The van der Waals surface area contributed by atoms with Crippen molar-refractivity contribution in [2.24, 2.45) is 0 Å². The molecule has 3 rings (SSSR count). The Morgan fingerprint density at radius 3 is 2.77 bits per heavy atom. The van der Waals surface area contributed by atoms with Crippen molar-refractivity contribution in [2.75, 3.05) is 12.3 Å². The second-order valence-corrected chi connectivity index (χ2v) is 5.29. The maximum Gasteiger partial charge on any atom is 0.298 e. The fourth-order valence-corrected chi connectivity index (χ4v) is 2.57. The highest BCUT2D eigenvalue weighted by atomic mass is 16.6. The zero-order valence-electron chi connectivity index (χ0n) is 11.5. The summed E-state index contributed by atoms with van der Waals surface area (Å²) in [4.78, 5) is 21.5. The number of ether oxygens (including phenoxy) is 1. The normalized spacial score (nSPS) is 31.9. The van der Waals surface area contributed by atoms with Crippen LogP contribution in [0.4, 0.5) is 5.95 Å². The first-order chi connectivity index (χ1) is 10.3. The molecule has 0 aliphatic carbocycles. The van der Waals surface area contributed by atoms with Crippen molar-refractivity contribution in [1.82, 2.24) is 19.5 Å².